The normalized spacial score (nSPS) is 20.8. The van der Waals surface area contributed by atoms with E-state index in [-0.39, 0.29) is 29.5 Å². The molecule has 196 valence electrons. The molecule has 2 aromatic rings. The number of urea groups is 1. The number of para-hydroxylation sites is 2. The Bertz CT molecular complexity index is 1100. The maximum absolute atomic E-state index is 13.2. The minimum atomic E-state index is -0.143. The van der Waals surface area contributed by atoms with E-state index in [1.54, 1.807) is 0 Å². The number of carbonyl (C=O) groups is 2. The summed E-state index contributed by atoms with van der Waals surface area (Å²) in [5.74, 6) is 0.815. The summed E-state index contributed by atoms with van der Waals surface area (Å²) in [6, 6.07) is 7.71. The second kappa shape index (κ2) is 12.2. The summed E-state index contributed by atoms with van der Waals surface area (Å²) in [6.07, 6.45) is 5.91. The smallest absolute Gasteiger partial charge is 0.315 e. The number of amides is 2. The Morgan fingerprint density at radius 2 is 1.78 bits per heavy atom. The summed E-state index contributed by atoms with van der Waals surface area (Å²) in [6.45, 7) is 6.97. The predicted octanol–water partition coefficient (Wildman–Crippen LogP) is 3.44. The molecule has 9 nitrogen and oxygen atoms in total. The van der Waals surface area contributed by atoms with Crippen molar-refractivity contribution in [3.05, 3.63) is 34.6 Å². The number of hydrogen-bond donors (Lipinski definition) is 2. The van der Waals surface area contributed by atoms with Crippen molar-refractivity contribution in [1.82, 2.24) is 20.2 Å². The average Bonchev–Trinajstić information content (AvgIpc) is 2.90. The number of piperidine rings is 1. The highest BCUT2D eigenvalue weighted by Crippen LogP contribution is 2.29. The summed E-state index contributed by atoms with van der Waals surface area (Å²) in [5.41, 5.74) is 1.66. The highest BCUT2D eigenvalue weighted by Gasteiger charge is 2.28. The van der Waals surface area contributed by atoms with Crippen molar-refractivity contribution in [3.63, 3.8) is 0 Å². The van der Waals surface area contributed by atoms with Gasteiger partial charge in [0, 0.05) is 32.2 Å². The van der Waals surface area contributed by atoms with Crippen LogP contribution in [0.1, 0.15) is 58.8 Å². The minimum Gasteiger partial charge on any atom is -0.466 e. The van der Waals surface area contributed by atoms with E-state index in [0.29, 0.717) is 44.5 Å². The van der Waals surface area contributed by atoms with Crippen LogP contribution in [-0.4, -0.2) is 53.8 Å². The fourth-order valence-corrected chi connectivity index (χ4v) is 5.40. The lowest BCUT2D eigenvalue weighted by molar-refractivity contribution is -0.149. The molecule has 1 aliphatic heterocycles. The molecule has 9 heteroatoms. The van der Waals surface area contributed by atoms with Gasteiger partial charge in [-0.25, -0.2) is 9.78 Å². The van der Waals surface area contributed by atoms with Gasteiger partial charge in [0.2, 0.25) is 0 Å². The number of aromatic nitrogens is 2. The number of nitrogens with zero attached hydrogens (tertiary/aromatic N) is 3. The van der Waals surface area contributed by atoms with E-state index in [1.165, 1.54) is 0 Å². The first-order chi connectivity index (χ1) is 17.5. The maximum atomic E-state index is 13.2. The lowest BCUT2D eigenvalue weighted by Crippen LogP contribution is -2.49. The van der Waals surface area contributed by atoms with E-state index in [1.807, 2.05) is 35.8 Å². The molecule has 0 atom stereocenters. The van der Waals surface area contributed by atoms with Gasteiger partial charge in [0.15, 0.2) is 5.82 Å². The number of benzene rings is 1. The average molecular weight is 498 g/mol. The van der Waals surface area contributed by atoms with E-state index < -0.39 is 0 Å². The highest BCUT2D eigenvalue weighted by atomic mass is 16.5. The number of fused-ring (bicyclic) bond motifs is 1. The van der Waals surface area contributed by atoms with Crippen molar-refractivity contribution in [2.45, 2.75) is 71.4 Å². The number of esters is 1. The van der Waals surface area contributed by atoms with Gasteiger partial charge < -0.3 is 24.8 Å². The number of hydrogen-bond acceptors (Lipinski definition) is 6. The van der Waals surface area contributed by atoms with Gasteiger partial charge in [0.25, 0.3) is 5.56 Å². The molecule has 0 unspecified atom stereocenters. The fourth-order valence-electron chi connectivity index (χ4n) is 5.40. The number of aryl methyl sites for hydroxylation is 1. The molecule has 1 aromatic carbocycles. The zero-order chi connectivity index (χ0) is 25.5. The monoisotopic (exact) mass is 497 g/mol. The van der Waals surface area contributed by atoms with Gasteiger partial charge in [-0.3, -0.25) is 9.59 Å². The molecule has 1 saturated carbocycles. The first-order valence-electron chi connectivity index (χ1n) is 13.5. The summed E-state index contributed by atoms with van der Waals surface area (Å²) in [5, 5.41) is 6.11. The Balaban J connectivity index is 1.25. The molecular formula is C27H39N5O4. The van der Waals surface area contributed by atoms with E-state index in [0.717, 1.165) is 56.0 Å². The van der Waals surface area contributed by atoms with Crippen LogP contribution < -0.4 is 21.1 Å². The molecule has 2 fully saturated rings. The van der Waals surface area contributed by atoms with Gasteiger partial charge in [-0.15, -0.1) is 0 Å². The lowest BCUT2D eigenvalue weighted by atomic mass is 9.82. The number of rotatable bonds is 8. The summed E-state index contributed by atoms with van der Waals surface area (Å²) in [7, 11) is 0. The van der Waals surface area contributed by atoms with Gasteiger partial charge in [-0.1, -0.05) is 19.1 Å². The molecule has 1 saturated heterocycles. The summed E-state index contributed by atoms with van der Waals surface area (Å²) >= 11 is 0. The quantitative estimate of drug-likeness (QED) is 0.541. The molecule has 1 aliphatic carbocycles. The van der Waals surface area contributed by atoms with Crippen molar-refractivity contribution >= 4 is 28.9 Å². The second-order valence-electron chi connectivity index (χ2n) is 9.97. The number of anilines is 1. The maximum Gasteiger partial charge on any atom is 0.315 e. The zero-order valence-electron chi connectivity index (χ0n) is 21.5. The van der Waals surface area contributed by atoms with Crippen molar-refractivity contribution < 1.29 is 14.3 Å². The van der Waals surface area contributed by atoms with Gasteiger partial charge >= 0.3 is 12.0 Å². The largest absolute Gasteiger partial charge is 0.466 e. The molecular weight excluding hydrogens is 458 g/mol. The Kier molecular flexibility index (Phi) is 8.83. The Morgan fingerprint density at radius 3 is 2.47 bits per heavy atom. The van der Waals surface area contributed by atoms with Crippen LogP contribution >= 0.6 is 0 Å². The van der Waals surface area contributed by atoms with Crippen molar-refractivity contribution in [1.29, 1.82) is 0 Å². The standard InChI is InChI=1S/C27H39N5O4/c1-3-15-32-23-8-6-5-7-22(23)30-24(25(32)33)31-16-13-21(14-17-31)29-27(35)28-18-19-9-11-20(12-10-19)26(34)36-4-2/h5-8,19-21H,3-4,9-18H2,1-2H3,(H2,28,29,35). The van der Waals surface area contributed by atoms with Crippen molar-refractivity contribution in [3.8, 4) is 0 Å². The molecule has 1 aromatic heterocycles. The minimum absolute atomic E-state index is 0.00314. The van der Waals surface area contributed by atoms with Crippen molar-refractivity contribution in [2.24, 2.45) is 11.8 Å². The van der Waals surface area contributed by atoms with Crippen LogP contribution in [0.25, 0.3) is 11.0 Å². The number of carbonyl (C=O) groups excluding carboxylic acids is 2. The summed E-state index contributed by atoms with van der Waals surface area (Å²) in [4.78, 5) is 44.4. The molecule has 2 heterocycles. The van der Waals surface area contributed by atoms with Crippen LogP contribution in [0.5, 0.6) is 0 Å². The van der Waals surface area contributed by atoms with Crippen LogP contribution in [0.2, 0.25) is 0 Å². The topological polar surface area (TPSA) is 106 Å². The first kappa shape index (κ1) is 26.0. The molecule has 2 aliphatic rings. The third kappa shape index (κ3) is 6.17. The number of ether oxygens (including phenoxy) is 1. The second-order valence-corrected chi connectivity index (χ2v) is 9.97. The van der Waals surface area contributed by atoms with Gasteiger partial charge in [-0.05, 0) is 69.9 Å². The molecule has 2 N–H and O–H groups in total. The van der Waals surface area contributed by atoms with E-state index in [9.17, 15) is 14.4 Å². The third-order valence-electron chi connectivity index (χ3n) is 7.43. The molecule has 0 spiro atoms. The first-order valence-corrected chi connectivity index (χ1v) is 13.5. The van der Waals surface area contributed by atoms with Gasteiger partial charge in [0.05, 0.1) is 23.6 Å². The van der Waals surface area contributed by atoms with Crippen LogP contribution in [-0.2, 0) is 16.1 Å². The van der Waals surface area contributed by atoms with E-state index >= 15 is 0 Å². The zero-order valence-corrected chi connectivity index (χ0v) is 21.5. The molecule has 36 heavy (non-hydrogen) atoms. The fraction of sp³-hybridized carbons (Fsp3) is 0.630. The third-order valence-corrected chi connectivity index (χ3v) is 7.43. The summed E-state index contributed by atoms with van der Waals surface area (Å²) < 4.78 is 6.96. The van der Waals surface area contributed by atoms with Crippen LogP contribution in [0.4, 0.5) is 10.6 Å². The van der Waals surface area contributed by atoms with E-state index in [4.69, 9.17) is 9.72 Å². The van der Waals surface area contributed by atoms with Crippen LogP contribution in [0.3, 0.4) is 0 Å². The predicted molar refractivity (Wildman–Crippen MR) is 140 cm³/mol. The van der Waals surface area contributed by atoms with Gasteiger partial charge in [-0.2, -0.15) is 0 Å². The van der Waals surface area contributed by atoms with Crippen molar-refractivity contribution in [2.75, 3.05) is 31.1 Å². The Morgan fingerprint density at radius 1 is 1.06 bits per heavy atom. The number of nitrogens with one attached hydrogen (secondary N) is 2. The van der Waals surface area contributed by atoms with E-state index in [2.05, 4.69) is 22.5 Å². The SMILES string of the molecule is CCCn1c(=O)c(N2CCC(NC(=O)NCC3CCC(C(=O)OCC)CC3)CC2)nc2ccccc21. The highest BCUT2D eigenvalue weighted by molar-refractivity contribution is 5.76. The molecule has 0 bridgehead atoms. The molecule has 4 rings (SSSR count). The van der Waals surface area contributed by atoms with Gasteiger partial charge in [0.1, 0.15) is 0 Å². The van der Waals surface area contributed by atoms with Crippen LogP contribution in [0.15, 0.2) is 29.1 Å². The Hall–Kier alpha value is -3.10. The molecule has 0 radical (unpaired) electrons. The van der Waals surface area contributed by atoms with Crippen LogP contribution in [0, 0.1) is 11.8 Å². The lowest BCUT2D eigenvalue weighted by Gasteiger charge is -2.33. The molecule has 2 amide bonds. The Labute approximate surface area is 212 Å².